The zero-order chi connectivity index (χ0) is 10.5. The molecular formula is C14H21N. The highest BCUT2D eigenvalue weighted by molar-refractivity contribution is 5.14. The lowest BCUT2D eigenvalue weighted by atomic mass is 9.94. The van der Waals surface area contributed by atoms with Crippen LogP contribution in [0.5, 0.6) is 0 Å². The predicted octanol–water partition coefficient (Wildman–Crippen LogP) is 3.31. The summed E-state index contributed by atoms with van der Waals surface area (Å²) in [6.07, 6.45) is 4.14. The summed E-state index contributed by atoms with van der Waals surface area (Å²) in [5, 5.41) is 0. The van der Waals surface area contributed by atoms with E-state index in [1.807, 2.05) is 0 Å². The van der Waals surface area contributed by atoms with E-state index in [2.05, 4.69) is 42.2 Å². The molecule has 1 heterocycles. The third-order valence-electron chi connectivity index (χ3n) is 3.53. The summed E-state index contributed by atoms with van der Waals surface area (Å²) < 4.78 is 0. The van der Waals surface area contributed by atoms with E-state index in [9.17, 15) is 0 Å². The van der Waals surface area contributed by atoms with E-state index in [-0.39, 0.29) is 0 Å². The van der Waals surface area contributed by atoms with Crippen molar-refractivity contribution in [2.45, 2.75) is 32.7 Å². The van der Waals surface area contributed by atoms with Crippen LogP contribution in [0.3, 0.4) is 0 Å². The van der Waals surface area contributed by atoms with Gasteiger partial charge in [0.05, 0.1) is 0 Å². The third-order valence-corrected chi connectivity index (χ3v) is 3.53. The highest BCUT2D eigenvalue weighted by Gasteiger charge is 2.17. The highest BCUT2D eigenvalue weighted by Crippen LogP contribution is 2.21. The molecule has 1 aliphatic heterocycles. The Balaban J connectivity index is 1.82. The monoisotopic (exact) mass is 203 g/mol. The molecule has 0 aliphatic carbocycles. The summed E-state index contributed by atoms with van der Waals surface area (Å²) in [5.41, 5.74) is 1.45. The highest BCUT2D eigenvalue weighted by atomic mass is 15.1. The van der Waals surface area contributed by atoms with Crippen LogP contribution in [0.25, 0.3) is 0 Å². The van der Waals surface area contributed by atoms with Crippen molar-refractivity contribution >= 4 is 0 Å². The smallest absolute Gasteiger partial charge is 0.0233 e. The van der Waals surface area contributed by atoms with Crippen molar-refractivity contribution in [1.82, 2.24) is 4.90 Å². The van der Waals surface area contributed by atoms with Gasteiger partial charge in [0.15, 0.2) is 0 Å². The van der Waals surface area contributed by atoms with Gasteiger partial charge in [-0.3, -0.25) is 4.90 Å². The maximum absolute atomic E-state index is 2.58. The first kappa shape index (κ1) is 10.7. The van der Waals surface area contributed by atoms with Crippen LogP contribution in [-0.4, -0.2) is 18.0 Å². The quantitative estimate of drug-likeness (QED) is 0.728. The Morgan fingerprint density at radius 3 is 2.40 bits per heavy atom. The average molecular weight is 203 g/mol. The molecule has 82 valence electrons. The van der Waals surface area contributed by atoms with E-state index in [0.717, 1.165) is 12.5 Å². The molecule has 0 N–H and O–H groups in total. The summed E-state index contributed by atoms with van der Waals surface area (Å²) in [7, 11) is 0. The molecule has 1 saturated heterocycles. The fourth-order valence-corrected chi connectivity index (χ4v) is 2.39. The van der Waals surface area contributed by atoms with Crippen molar-refractivity contribution in [2.24, 2.45) is 5.92 Å². The van der Waals surface area contributed by atoms with Crippen LogP contribution in [-0.2, 0) is 6.54 Å². The SMILES string of the molecule is CCC1CCN(Cc2ccccc2)CC1. The molecule has 1 fully saturated rings. The Morgan fingerprint density at radius 1 is 1.13 bits per heavy atom. The Hall–Kier alpha value is -0.820. The molecule has 0 bridgehead atoms. The molecule has 1 nitrogen and oxygen atoms in total. The normalized spacial score (nSPS) is 19.3. The molecule has 1 heteroatoms. The van der Waals surface area contributed by atoms with Crippen molar-refractivity contribution in [3.05, 3.63) is 35.9 Å². The first-order chi connectivity index (χ1) is 7.38. The lowest BCUT2D eigenvalue weighted by Crippen LogP contribution is -2.32. The maximum atomic E-state index is 2.58. The second-order valence-electron chi connectivity index (χ2n) is 4.61. The van der Waals surface area contributed by atoms with E-state index in [0.29, 0.717) is 0 Å². The first-order valence-electron chi connectivity index (χ1n) is 6.14. The van der Waals surface area contributed by atoms with Crippen molar-refractivity contribution in [1.29, 1.82) is 0 Å². The topological polar surface area (TPSA) is 3.24 Å². The number of nitrogens with zero attached hydrogens (tertiary/aromatic N) is 1. The Kier molecular flexibility index (Phi) is 3.79. The summed E-state index contributed by atoms with van der Waals surface area (Å²) in [4.78, 5) is 2.58. The van der Waals surface area contributed by atoms with E-state index in [4.69, 9.17) is 0 Å². The molecular weight excluding hydrogens is 182 g/mol. The number of rotatable bonds is 3. The number of hydrogen-bond acceptors (Lipinski definition) is 1. The Labute approximate surface area is 93.1 Å². The summed E-state index contributed by atoms with van der Waals surface area (Å²) in [6, 6.07) is 10.8. The fourth-order valence-electron chi connectivity index (χ4n) is 2.39. The van der Waals surface area contributed by atoms with E-state index >= 15 is 0 Å². The van der Waals surface area contributed by atoms with Gasteiger partial charge in [0, 0.05) is 6.54 Å². The molecule has 0 aromatic heterocycles. The van der Waals surface area contributed by atoms with Gasteiger partial charge < -0.3 is 0 Å². The van der Waals surface area contributed by atoms with Crippen LogP contribution < -0.4 is 0 Å². The van der Waals surface area contributed by atoms with Gasteiger partial charge in [0.2, 0.25) is 0 Å². The summed E-state index contributed by atoms with van der Waals surface area (Å²) in [6.45, 7) is 6.02. The average Bonchev–Trinajstić information content (AvgIpc) is 2.31. The van der Waals surface area contributed by atoms with Gasteiger partial charge in [-0.15, -0.1) is 0 Å². The molecule has 0 radical (unpaired) electrons. The minimum atomic E-state index is 0.983. The van der Waals surface area contributed by atoms with Gasteiger partial charge in [-0.25, -0.2) is 0 Å². The van der Waals surface area contributed by atoms with Crippen molar-refractivity contribution in [3.8, 4) is 0 Å². The molecule has 1 aliphatic rings. The molecule has 0 atom stereocenters. The van der Waals surface area contributed by atoms with Crippen LogP contribution >= 0.6 is 0 Å². The summed E-state index contributed by atoms with van der Waals surface area (Å²) >= 11 is 0. The lowest BCUT2D eigenvalue weighted by molar-refractivity contribution is 0.175. The standard InChI is InChI=1S/C14H21N/c1-2-13-8-10-15(11-9-13)12-14-6-4-3-5-7-14/h3-7,13H,2,8-12H2,1H3. The summed E-state index contributed by atoms with van der Waals surface area (Å²) in [5.74, 6) is 0.983. The van der Waals surface area contributed by atoms with Crippen LogP contribution in [0, 0.1) is 5.92 Å². The van der Waals surface area contributed by atoms with Gasteiger partial charge in [0.25, 0.3) is 0 Å². The molecule has 15 heavy (non-hydrogen) atoms. The second-order valence-corrected chi connectivity index (χ2v) is 4.61. The molecule has 1 aromatic rings. The molecule has 2 rings (SSSR count). The molecule has 0 spiro atoms. The number of likely N-dealkylation sites (tertiary alicyclic amines) is 1. The van der Waals surface area contributed by atoms with Crippen molar-refractivity contribution < 1.29 is 0 Å². The van der Waals surface area contributed by atoms with Crippen molar-refractivity contribution in [2.75, 3.05) is 13.1 Å². The van der Waals surface area contributed by atoms with Crippen LogP contribution in [0.2, 0.25) is 0 Å². The first-order valence-corrected chi connectivity index (χ1v) is 6.14. The number of piperidine rings is 1. The van der Waals surface area contributed by atoms with Crippen LogP contribution in [0.1, 0.15) is 31.7 Å². The Morgan fingerprint density at radius 2 is 1.80 bits per heavy atom. The minimum Gasteiger partial charge on any atom is -0.299 e. The van der Waals surface area contributed by atoms with Gasteiger partial charge >= 0.3 is 0 Å². The maximum Gasteiger partial charge on any atom is 0.0233 e. The number of benzene rings is 1. The fraction of sp³-hybridized carbons (Fsp3) is 0.571. The largest absolute Gasteiger partial charge is 0.299 e. The zero-order valence-corrected chi connectivity index (χ0v) is 9.65. The van der Waals surface area contributed by atoms with Gasteiger partial charge in [-0.2, -0.15) is 0 Å². The van der Waals surface area contributed by atoms with E-state index < -0.39 is 0 Å². The minimum absolute atomic E-state index is 0.983. The van der Waals surface area contributed by atoms with E-state index in [1.165, 1.54) is 37.9 Å². The molecule has 0 saturated carbocycles. The van der Waals surface area contributed by atoms with Gasteiger partial charge in [-0.05, 0) is 37.4 Å². The molecule has 0 unspecified atom stereocenters. The molecule has 0 amide bonds. The van der Waals surface area contributed by atoms with Crippen LogP contribution in [0.4, 0.5) is 0 Å². The molecule has 1 aromatic carbocycles. The van der Waals surface area contributed by atoms with Crippen molar-refractivity contribution in [3.63, 3.8) is 0 Å². The van der Waals surface area contributed by atoms with E-state index in [1.54, 1.807) is 0 Å². The van der Waals surface area contributed by atoms with Crippen LogP contribution in [0.15, 0.2) is 30.3 Å². The Bertz CT molecular complexity index is 273. The number of hydrogen-bond donors (Lipinski definition) is 0. The lowest BCUT2D eigenvalue weighted by Gasteiger charge is -2.31. The van der Waals surface area contributed by atoms with Gasteiger partial charge in [-0.1, -0.05) is 43.7 Å². The second kappa shape index (κ2) is 5.32. The van der Waals surface area contributed by atoms with Gasteiger partial charge in [0.1, 0.15) is 0 Å². The zero-order valence-electron chi connectivity index (χ0n) is 9.65. The predicted molar refractivity (Wildman–Crippen MR) is 64.7 cm³/mol. The third kappa shape index (κ3) is 3.07.